The van der Waals surface area contributed by atoms with Crippen molar-refractivity contribution in [3.63, 3.8) is 0 Å². The Bertz CT molecular complexity index is 556. The van der Waals surface area contributed by atoms with Crippen molar-refractivity contribution in [2.75, 3.05) is 6.54 Å². The molecule has 1 fully saturated rings. The number of rotatable bonds is 4. The molecule has 2 aromatic rings. The summed E-state index contributed by atoms with van der Waals surface area (Å²) in [5.41, 5.74) is 8.84. The highest BCUT2D eigenvalue weighted by Gasteiger charge is 2.34. The van der Waals surface area contributed by atoms with Crippen LogP contribution in [-0.4, -0.2) is 27.5 Å². The third-order valence-electron chi connectivity index (χ3n) is 4.27. The summed E-state index contributed by atoms with van der Waals surface area (Å²) in [5.74, 6) is 0. The van der Waals surface area contributed by atoms with Crippen LogP contribution in [0, 0.1) is 0 Å². The fourth-order valence-electron chi connectivity index (χ4n) is 3.41. The number of nitrogens with zero attached hydrogens (tertiary/aromatic N) is 3. The maximum atomic E-state index is 6.31. The van der Waals surface area contributed by atoms with Gasteiger partial charge in [-0.1, -0.05) is 6.07 Å². The van der Waals surface area contributed by atoms with Gasteiger partial charge in [0, 0.05) is 36.9 Å². The fourth-order valence-corrected chi connectivity index (χ4v) is 3.41. The number of likely N-dealkylation sites (tertiary alicyclic amines) is 1. The van der Waals surface area contributed by atoms with Gasteiger partial charge in [-0.15, -0.1) is 0 Å². The van der Waals surface area contributed by atoms with Crippen molar-refractivity contribution in [3.8, 4) is 0 Å². The highest BCUT2D eigenvalue weighted by atomic mass is 15.2. The number of hydrogen-bond donors (Lipinski definition) is 1. The summed E-state index contributed by atoms with van der Waals surface area (Å²) in [5, 5.41) is 0. The normalized spacial score (nSPS) is 22.1. The van der Waals surface area contributed by atoms with Crippen LogP contribution in [0.1, 0.15) is 43.0 Å². The van der Waals surface area contributed by atoms with Gasteiger partial charge in [-0.25, -0.2) is 0 Å². The van der Waals surface area contributed by atoms with Gasteiger partial charge in [0.2, 0.25) is 0 Å². The summed E-state index contributed by atoms with van der Waals surface area (Å²) in [6.45, 7) is 3.16. The van der Waals surface area contributed by atoms with E-state index in [0.717, 1.165) is 6.54 Å². The summed E-state index contributed by atoms with van der Waals surface area (Å²) < 4.78 is 0. The molecule has 0 aliphatic carbocycles. The summed E-state index contributed by atoms with van der Waals surface area (Å²) in [6, 6.07) is 9.04. The van der Waals surface area contributed by atoms with Gasteiger partial charge >= 0.3 is 0 Å². The minimum Gasteiger partial charge on any atom is -0.326 e. The Morgan fingerprint density at radius 1 is 1.19 bits per heavy atom. The van der Waals surface area contributed by atoms with Crippen LogP contribution >= 0.6 is 0 Å². The van der Waals surface area contributed by atoms with E-state index in [1.165, 1.54) is 24.0 Å². The van der Waals surface area contributed by atoms with E-state index in [1.54, 1.807) is 0 Å². The van der Waals surface area contributed by atoms with E-state index in [9.17, 15) is 0 Å². The Hall–Kier alpha value is -1.78. The lowest BCUT2D eigenvalue weighted by Gasteiger charge is -2.36. The summed E-state index contributed by atoms with van der Waals surface area (Å²) in [6.07, 6.45) is 9.87. The predicted molar refractivity (Wildman–Crippen MR) is 83.5 cm³/mol. The first-order valence-electron chi connectivity index (χ1n) is 7.58. The molecule has 0 amide bonds. The largest absolute Gasteiger partial charge is 0.326 e. The molecule has 0 radical (unpaired) electrons. The van der Waals surface area contributed by atoms with E-state index in [4.69, 9.17) is 5.73 Å². The topological polar surface area (TPSA) is 55.0 Å². The lowest BCUT2D eigenvalue weighted by atomic mass is 9.98. The smallest absolute Gasteiger partial charge is 0.0517 e. The van der Waals surface area contributed by atoms with Crippen LogP contribution in [0.5, 0.6) is 0 Å². The first-order chi connectivity index (χ1) is 10.3. The van der Waals surface area contributed by atoms with Crippen molar-refractivity contribution in [3.05, 3.63) is 60.2 Å². The molecular formula is C17H22N4. The number of pyridine rings is 2. The highest BCUT2D eigenvalue weighted by molar-refractivity contribution is 5.21. The first kappa shape index (κ1) is 14.2. The second-order valence-electron chi connectivity index (χ2n) is 5.77. The van der Waals surface area contributed by atoms with E-state index < -0.39 is 0 Å². The van der Waals surface area contributed by atoms with Gasteiger partial charge in [-0.2, -0.15) is 0 Å². The molecule has 4 heteroatoms. The van der Waals surface area contributed by atoms with Gasteiger partial charge in [0.15, 0.2) is 0 Å². The molecule has 4 nitrogen and oxygen atoms in total. The second kappa shape index (κ2) is 6.33. The summed E-state index contributed by atoms with van der Waals surface area (Å²) >= 11 is 0. The Balaban J connectivity index is 1.92. The van der Waals surface area contributed by atoms with Gasteiger partial charge in [0.05, 0.1) is 6.04 Å². The monoisotopic (exact) mass is 282 g/mol. The lowest BCUT2D eigenvalue weighted by Crippen LogP contribution is -2.39. The molecule has 1 aliphatic rings. The molecule has 110 valence electrons. The fraction of sp³-hybridized carbons (Fsp3) is 0.412. The molecular weight excluding hydrogens is 260 g/mol. The molecule has 3 unspecified atom stereocenters. The van der Waals surface area contributed by atoms with Crippen LogP contribution in [0.15, 0.2) is 49.1 Å². The first-order valence-corrected chi connectivity index (χ1v) is 7.58. The standard InChI is InChI=1S/C17H22N4/c1-13(18)17(15-4-2-8-20-12-15)21-11-3-5-16(21)14-6-9-19-10-7-14/h2,4,6-10,12-13,16-17H,3,5,11,18H2,1H3. The van der Waals surface area contributed by atoms with Crippen molar-refractivity contribution < 1.29 is 0 Å². The Labute approximate surface area is 126 Å². The SMILES string of the molecule is CC(N)C(c1cccnc1)N1CCCC1c1ccncc1. The van der Waals surface area contributed by atoms with Gasteiger partial charge in [-0.05, 0) is 55.6 Å². The zero-order chi connectivity index (χ0) is 14.7. The van der Waals surface area contributed by atoms with Crippen molar-refractivity contribution in [1.82, 2.24) is 14.9 Å². The lowest BCUT2D eigenvalue weighted by molar-refractivity contribution is 0.160. The Morgan fingerprint density at radius 3 is 2.67 bits per heavy atom. The van der Waals surface area contributed by atoms with E-state index in [1.807, 2.05) is 30.9 Å². The zero-order valence-electron chi connectivity index (χ0n) is 12.4. The van der Waals surface area contributed by atoms with Crippen molar-refractivity contribution >= 4 is 0 Å². The third kappa shape index (κ3) is 2.96. The van der Waals surface area contributed by atoms with Gasteiger partial charge in [0.25, 0.3) is 0 Å². The average Bonchev–Trinajstić information content (AvgIpc) is 2.98. The maximum absolute atomic E-state index is 6.31. The maximum Gasteiger partial charge on any atom is 0.0517 e. The number of aromatic nitrogens is 2. The molecule has 1 aliphatic heterocycles. The van der Waals surface area contributed by atoms with E-state index in [-0.39, 0.29) is 12.1 Å². The summed E-state index contributed by atoms with van der Waals surface area (Å²) in [4.78, 5) is 10.9. The molecule has 3 atom stereocenters. The minimum atomic E-state index is 0.0663. The zero-order valence-corrected chi connectivity index (χ0v) is 12.4. The molecule has 0 saturated carbocycles. The van der Waals surface area contributed by atoms with Crippen LogP contribution in [0.3, 0.4) is 0 Å². The van der Waals surface area contributed by atoms with Gasteiger partial charge in [-0.3, -0.25) is 14.9 Å². The molecule has 0 bridgehead atoms. The van der Waals surface area contributed by atoms with Crippen molar-refractivity contribution in [1.29, 1.82) is 0 Å². The van der Waals surface area contributed by atoms with Crippen molar-refractivity contribution in [2.24, 2.45) is 5.73 Å². The van der Waals surface area contributed by atoms with Crippen LogP contribution in [0.2, 0.25) is 0 Å². The number of hydrogen-bond acceptors (Lipinski definition) is 4. The summed E-state index contributed by atoms with van der Waals surface area (Å²) in [7, 11) is 0. The minimum absolute atomic E-state index is 0.0663. The molecule has 3 rings (SSSR count). The van der Waals surface area contributed by atoms with Gasteiger partial charge in [0.1, 0.15) is 0 Å². The average molecular weight is 282 g/mol. The van der Waals surface area contributed by atoms with Crippen LogP contribution in [0.25, 0.3) is 0 Å². The Kier molecular flexibility index (Phi) is 4.27. The quantitative estimate of drug-likeness (QED) is 0.936. The van der Waals surface area contributed by atoms with Crippen LogP contribution in [0.4, 0.5) is 0 Å². The molecule has 0 aromatic carbocycles. The third-order valence-corrected chi connectivity index (χ3v) is 4.27. The van der Waals surface area contributed by atoms with E-state index in [0.29, 0.717) is 6.04 Å². The molecule has 3 heterocycles. The van der Waals surface area contributed by atoms with Crippen LogP contribution < -0.4 is 5.73 Å². The molecule has 21 heavy (non-hydrogen) atoms. The number of nitrogens with two attached hydrogens (primary N) is 1. The Morgan fingerprint density at radius 2 is 2.00 bits per heavy atom. The highest BCUT2D eigenvalue weighted by Crippen LogP contribution is 2.39. The van der Waals surface area contributed by atoms with E-state index >= 15 is 0 Å². The van der Waals surface area contributed by atoms with Gasteiger partial charge < -0.3 is 5.73 Å². The molecule has 1 saturated heterocycles. The van der Waals surface area contributed by atoms with E-state index in [2.05, 4.69) is 40.0 Å². The molecule has 0 spiro atoms. The molecule has 2 N–H and O–H groups in total. The molecule has 2 aromatic heterocycles. The predicted octanol–water partition coefficient (Wildman–Crippen LogP) is 2.70. The second-order valence-corrected chi connectivity index (χ2v) is 5.77. The van der Waals surface area contributed by atoms with Crippen molar-refractivity contribution in [2.45, 2.75) is 37.9 Å². The van der Waals surface area contributed by atoms with Crippen LogP contribution in [-0.2, 0) is 0 Å².